The van der Waals surface area contributed by atoms with Crippen molar-refractivity contribution in [2.75, 3.05) is 11.9 Å². The van der Waals surface area contributed by atoms with Crippen molar-refractivity contribution in [1.29, 1.82) is 0 Å². The number of amides is 2. The molecule has 2 heterocycles. The maximum atomic E-state index is 12.9. The van der Waals surface area contributed by atoms with Crippen molar-refractivity contribution in [3.05, 3.63) is 41.5 Å². The first-order valence-corrected chi connectivity index (χ1v) is 10.3. The zero-order valence-electron chi connectivity index (χ0n) is 17.6. The number of hydrogen-bond acceptors (Lipinski definition) is 4. The smallest absolute Gasteiger partial charge is 0.287 e. The topological polar surface area (TPSA) is 85.2 Å². The van der Waals surface area contributed by atoms with Gasteiger partial charge in [-0.05, 0) is 63.3 Å². The van der Waals surface area contributed by atoms with Crippen LogP contribution in [0.15, 0.2) is 24.3 Å². The molecule has 2 aromatic rings. The number of benzene rings is 1. The molecule has 0 radical (unpaired) electrons. The van der Waals surface area contributed by atoms with Crippen LogP contribution in [-0.2, 0) is 13.0 Å². The SMILES string of the molecule is CC(C)CNC(=O)c1nc(C(=O)Nc2ccc(OC(C)C)cc2)c2n1CCCC2. The highest BCUT2D eigenvalue weighted by Gasteiger charge is 2.27. The summed E-state index contributed by atoms with van der Waals surface area (Å²) >= 11 is 0. The van der Waals surface area contributed by atoms with Gasteiger partial charge in [-0.25, -0.2) is 4.98 Å². The van der Waals surface area contributed by atoms with Gasteiger partial charge >= 0.3 is 0 Å². The fraction of sp³-hybridized carbons (Fsp3) is 0.500. The van der Waals surface area contributed by atoms with Crippen LogP contribution >= 0.6 is 0 Å². The Balaban J connectivity index is 1.78. The Morgan fingerprint density at radius 3 is 2.48 bits per heavy atom. The molecule has 29 heavy (non-hydrogen) atoms. The maximum Gasteiger partial charge on any atom is 0.287 e. The fourth-order valence-corrected chi connectivity index (χ4v) is 3.35. The number of aromatic nitrogens is 2. The van der Waals surface area contributed by atoms with Crippen LogP contribution in [0.1, 0.15) is 67.3 Å². The molecule has 3 rings (SSSR count). The Bertz CT molecular complexity index is 869. The van der Waals surface area contributed by atoms with Gasteiger partial charge in [0, 0.05) is 18.8 Å². The zero-order chi connectivity index (χ0) is 21.0. The Kier molecular flexibility index (Phi) is 6.56. The number of anilines is 1. The van der Waals surface area contributed by atoms with E-state index in [1.807, 2.05) is 44.4 Å². The maximum absolute atomic E-state index is 12.9. The van der Waals surface area contributed by atoms with Crippen molar-refractivity contribution < 1.29 is 14.3 Å². The summed E-state index contributed by atoms with van der Waals surface area (Å²) in [6.45, 7) is 9.29. The number of ether oxygens (including phenoxy) is 1. The van der Waals surface area contributed by atoms with Crippen molar-refractivity contribution >= 4 is 17.5 Å². The third-order valence-electron chi connectivity index (χ3n) is 4.69. The number of carbonyl (C=O) groups excluding carboxylic acids is 2. The third-order valence-corrected chi connectivity index (χ3v) is 4.69. The molecule has 0 saturated heterocycles. The lowest BCUT2D eigenvalue weighted by Crippen LogP contribution is -2.30. The Morgan fingerprint density at radius 2 is 1.83 bits per heavy atom. The normalized spacial score (nSPS) is 13.3. The van der Waals surface area contributed by atoms with Gasteiger partial charge in [-0.1, -0.05) is 13.8 Å². The van der Waals surface area contributed by atoms with Crippen molar-refractivity contribution in [3.8, 4) is 5.75 Å². The monoisotopic (exact) mass is 398 g/mol. The van der Waals surface area contributed by atoms with Crippen molar-refractivity contribution in [3.63, 3.8) is 0 Å². The van der Waals surface area contributed by atoms with E-state index >= 15 is 0 Å². The molecule has 1 aromatic carbocycles. The van der Waals surface area contributed by atoms with Gasteiger partial charge in [0.15, 0.2) is 11.5 Å². The largest absolute Gasteiger partial charge is 0.491 e. The first kappa shape index (κ1) is 20.9. The van der Waals surface area contributed by atoms with Crippen LogP contribution in [0.3, 0.4) is 0 Å². The van der Waals surface area contributed by atoms with E-state index in [9.17, 15) is 9.59 Å². The van der Waals surface area contributed by atoms with Gasteiger partial charge in [0.1, 0.15) is 5.75 Å². The molecular formula is C22H30N4O3. The van der Waals surface area contributed by atoms with Crippen LogP contribution in [0.4, 0.5) is 5.69 Å². The fourth-order valence-electron chi connectivity index (χ4n) is 3.35. The number of fused-ring (bicyclic) bond motifs is 1. The summed E-state index contributed by atoms with van der Waals surface area (Å²) in [5.74, 6) is 0.903. The summed E-state index contributed by atoms with van der Waals surface area (Å²) in [4.78, 5) is 29.9. The molecule has 2 N–H and O–H groups in total. The van der Waals surface area contributed by atoms with Crippen molar-refractivity contribution in [1.82, 2.24) is 14.9 Å². The van der Waals surface area contributed by atoms with E-state index in [-0.39, 0.29) is 17.9 Å². The predicted molar refractivity (Wildman–Crippen MR) is 112 cm³/mol. The first-order chi connectivity index (χ1) is 13.8. The van der Waals surface area contributed by atoms with E-state index in [0.717, 1.165) is 30.7 Å². The second-order valence-electron chi connectivity index (χ2n) is 8.09. The molecule has 0 atom stereocenters. The van der Waals surface area contributed by atoms with E-state index in [0.29, 0.717) is 36.2 Å². The zero-order valence-corrected chi connectivity index (χ0v) is 17.6. The summed E-state index contributed by atoms with van der Waals surface area (Å²) in [6, 6.07) is 7.24. The average molecular weight is 399 g/mol. The number of imidazole rings is 1. The van der Waals surface area contributed by atoms with Gasteiger partial charge in [0.2, 0.25) is 0 Å². The minimum atomic E-state index is -0.295. The van der Waals surface area contributed by atoms with E-state index in [2.05, 4.69) is 15.6 Å². The molecule has 7 heteroatoms. The molecular weight excluding hydrogens is 368 g/mol. The van der Waals surface area contributed by atoms with Gasteiger partial charge in [-0.2, -0.15) is 0 Å². The van der Waals surface area contributed by atoms with Gasteiger partial charge in [0.25, 0.3) is 11.8 Å². The molecule has 0 aliphatic carbocycles. The van der Waals surface area contributed by atoms with Crippen molar-refractivity contribution in [2.45, 2.75) is 59.6 Å². The lowest BCUT2D eigenvalue weighted by atomic mass is 10.1. The summed E-state index contributed by atoms with van der Waals surface area (Å²) in [5.41, 5.74) is 1.83. The number of hydrogen-bond donors (Lipinski definition) is 2. The number of carbonyl (C=O) groups is 2. The van der Waals surface area contributed by atoms with Crippen LogP contribution in [0.25, 0.3) is 0 Å². The second-order valence-corrected chi connectivity index (χ2v) is 8.09. The number of nitrogens with zero attached hydrogens (tertiary/aromatic N) is 2. The predicted octanol–water partition coefficient (Wildman–Crippen LogP) is 3.64. The minimum Gasteiger partial charge on any atom is -0.491 e. The van der Waals surface area contributed by atoms with E-state index in [1.165, 1.54) is 0 Å². The molecule has 0 fully saturated rings. The molecule has 156 valence electrons. The van der Waals surface area contributed by atoms with Gasteiger partial charge < -0.3 is 19.9 Å². The van der Waals surface area contributed by atoms with Gasteiger partial charge in [-0.3, -0.25) is 9.59 Å². The van der Waals surface area contributed by atoms with E-state index < -0.39 is 0 Å². The quantitative estimate of drug-likeness (QED) is 0.746. The molecule has 0 bridgehead atoms. The highest BCUT2D eigenvalue weighted by atomic mass is 16.5. The van der Waals surface area contributed by atoms with Crippen LogP contribution in [0.2, 0.25) is 0 Å². The van der Waals surface area contributed by atoms with Crippen LogP contribution < -0.4 is 15.4 Å². The standard InChI is InChI=1S/C22H30N4O3/c1-14(2)13-23-22(28)20-25-19(18-7-5-6-12-26(18)20)21(27)24-16-8-10-17(11-9-16)29-15(3)4/h8-11,14-15H,5-7,12-13H2,1-4H3,(H,23,28)(H,24,27). The molecule has 7 nitrogen and oxygen atoms in total. The third kappa shape index (κ3) is 5.16. The molecule has 0 spiro atoms. The van der Waals surface area contributed by atoms with E-state index in [1.54, 1.807) is 12.1 Å². The molecule has 2 amide bonds. The summed E-state index contributed by atoms with van der Waals surface area (Å²) < 4.78 is 7.53. The number of rotatable bonds is 7. The summed E-state index contributed by atoms with van der Waals surface area (Å²) in [5, 5.41) is 5.79. The summed E-state index contributed by atoms with van der Waals surface area (Å²) in [7, 11) is 0. The number of nitrogens with one attached hydrogen (secondary N) is 2. The highest BCUT2D eigenvalue weighted by molar-refractivity contribution is 6.05. The van der Waals surface area contributed by atoms with Crippen LogP contribution in [-0.4, -0.2) is 34.0 Å². The van der Waals surface area contributed by atoms with Crippen molar-refractivity contribution in [2.24, 2.45) is 5.92 Å². The van der Waals surface area contributed by atoms with Crippen LogP contribution in [0.5, 0.6) is 5.75 Å². The lowest BCUT2D eigenvalue weighted by Gasteiger charge is -2.17. The molecule has 0 unspecified atom stereocenters. The molecule has 1 aliphatic heterocycles. The van der Waals surface area contributed by atoms with Gasteiger partial charge in [-0.15, -0.1) is 0 Å². The molecule has 1 aromatic heterocycles. The Labute approximate surface area is 171 Å². The lowest BCUT2D eigenvalue weighted by molar-refractivity contribution is 0.0933. The minimum absolute atomic E-state index is 0.0905. The average Bonchev–Trinajstić information content (AvgIpc) is 3.07. The second kappa shape index (κ2) is 9.11. The van der Waals surface area contributed by atoms with Gasteiger partial charge in [0.05, 0.1) is 11.8 Å². The molecule has 1 aliphatic rings. The van der Waals surface area contributed by atoms with E-state index in [4.69, 9.17) is 4.74 Å². The summed E-state index contributed by atoms with van der Waals surface area (Å²) in [6.07, 6.45) is 2.80. The Morgan fingerprint density at radius 1 is 1.10 bits per heavy atom. The molecule has 0 saturated carbocycles. The van der Waals surface area contributed by atoms with Crippen LogP contribution in [0, 0.1) is 5.92 Å². The highest BCUT2D eigenvalue weighted by Crippen LogP contribution is 2.23. The Hall–Kier alpha value is -2.83. The first-order valence-electron chi connectivity index (χ1n) is 10.3.